The molecule has 0 aliphatic rings. The van der Waals surface area contributed by atoms with Gasteiger partial charge < -0.3 is 10.8 Å². The quantitative estimate of drug-likeness (QED) is 0.649. The Balaban J connectivity index is 3.22. The van der Waals surface area contributed by atoms with Crippen LogP contribution in [0.4, 0.5) is 4.39 Å². The van der Waals surface area contributed by atoms with Gasteiger partial charge >= 0.3 is 5.97 Å². The summed E-state index contributed by atoms with van der Waals surface area (Å²) in [7, 11) is 0. The molecule has 72 valence electrons. The molecule has 0 saturated heterocycles. The van der Waals surface area contributed by atoms with E-state index in [4.69, 9.17) is 10.8 Å². The van der Waals surface area contributed by atoms with Gasteiger partial charge in [0.25, 0.3) is 0 Å². The maximum atomic E-state index is 12.7. The maximum absolute atomic E-state index is 12.7. The van der Waals surface area contributed by atoms with Crippen LogP contribution in [-0.2, 0) is 0 Å². The van der Waals surface area contributed by atoms with Crippen molar-refractivity contribution in [2.45, 2.75) is 0 Å². The lowest BCUT2D eigenvalue weighted by Crippen LogP contribution is -2.01. The molecule has 4 heteroatoms. The minimum Gasteiger partial charge on any atom is -0.478 e. The Bertz CT molecular complexity index is 418. The summed E-state index contributed by atoms with van der Waals surface area (Å²) in [4.78, 5) is 10.7. The molecule has 3 nitrogen and oxygen atoms in total. The van der Waals surface area contributed by atoms with Crippen LogP contribution in [-0.4, -0.2) is 17.6 Å². The van der Waals surface area contributed by atoms with Gasteiger partial charge in [-0.2, -0.15) is 0 Å². The molecule has 0 heterocycles. The number of carboxylic acid groups (broad SMARTS) is 1. The van der Waals surface area contributed by atoms with Gasteiger partial charge in [0.2, 0.25) is 0 Å². The molecule has 0 aliphatic heterocycles. The van der Waals surface area contributed by atoms with Crippen molar-refractivity contribution in [1.82, 2.24) is 0 Å². The Kier molecular flexibility index (Phi) is 3.21. The Morgan fingerprint density at radius 2 is 2.29 bits per heavy atom. The molecule has 0 bridgehead atoms. The predicted octanol–water partition coefficient (Wildman–Crippen LogP) is 0.834. The van der Waals surface area contributed by atoms with E-state index in [0.29, 0.717) is 0 Å². The van der Waals surface area contributed by atoms with Crippen LogP contribution in [0, 0.1) is 17.7 Å². The first-order valence-electron chi connectivity index (χ1n) is 3.87. The summed E-state index contributed by atoms with van der Waals surface area (Å²) < 4.78 is 12.7. The van der Waals surface area contributed by atoms with Crippen molar-refractivity contribution < 1.29 is 14.3 Å². The smallest absolute Gasteiger partial charge is 0.337 e. The second kappa shape index (κ2) is 4.40. The van der Waals surface area contributed by atoms with E-state index in [1.54, 1.807) is 0 Å². The van der Waals surface area contributed by atoms with Gasteiger partial charge in [-0.3, -0.25) is 0 Å². The summed E-state index contributed by atoms with van der Waals surface area (Å²) in [6, 6.07) is 3.41. The maximum Gasteiger partial charge on any atom is 0.337 e. The third kappa shape index (κ3) is 2.31. The third-order valence-electron chi connectivity index (χ3n) is 1.54. The summed E-state index contributed by atoms with van der Waals surface area (Å²) in [6.07, 6.45) is 0. The van der Waals surface area contributed by atoms with Crippen LogP contribution < -0.4 is 5.73 Å². The van der Waals surface area contributed by atoms with E-state index in [9.17, 15) is 9.18 Å². The molecule has 1 aromatic carbocycles. The van der Waals surface area contributed by atoms with E-state index < -0.39 is 11.8 Å². The van der Waals surface area contributed by atoms with Crippen LogP contribution in [0.1, 0.15) is 15.9 Å². The van der Waals surface area contributed by atoms with Crippen LogP contribution in [0.3, 0.4) is 0 Å². The highest BCUT2D eigenvalue weighted by atomic mass is 19.1. The molecule has 0 unspecified atom stereocenters. The monoisotopic (exact) mass is 193 g/mol. The highest BCUT2D eigenvalue weighted by molar-refractivity contribution is 5.90. The van der Waals surface area contributed by atoms with E-state index in [1.165, 1.54) is 6.07 Å². The molecule has 0 atom stereocenters. The summed E-state index contributed by atoms with van der Waals surface area (Å²) in [5.74, 6) is 3.27. The zero-order valence-electron chi connectivity index (χ0n) is 7.25. The van der Waals surface area contributed by atoms with Crippen molar-refractivity contribution in [1.29, 1.82) is 0 Å². The van der Waals surface area contributed by atoms with Gasteiger partial charge in [-0.15, -0.1) is 0 Å². The van der Waals surface area contributed by atoms with Crippen LogP contribution >= 0.6 is 0 Å². The normalized spacial score (nSPS) is 9.00. The predicted molar refractivity (Wildman–Crippen MR) is 49.3 cm³/mol. The Labute approximate surface area is 80.4 Å². The standard InChI is InChI=1S/C10H8FNO2/c11-8-4-3-7(2-1-5-12)9(6-8)10(13)14/h3-4,6H,5,12H2,(H,13,14). The van der Waals surface area contributed by atoms with E-state index in [1.807, 2.05) is 0 Å². The van der Waals surface area contributed by atoms with Gasteiger partial charge in [-0.25, -0.2) is 9.18 Å². The Hall–Kier alpha value is -1.86. The number of nitrogens with two attached hydrogens (primary N) is 1. The first-order valence-corrected chi connectivity index (χ1v) is 3.87. The number of aromatic carboxylic acids is 1. The fourth-order valence-electron chi connectivity index (χ4n) is 0.949. The summed E-state index contributed by atoms with van der Waals surface area (Å²) in [5, 5.41) is 8.72. The average Bonchev–Trinajstić information content (AvgIpc) is 2.15. The minimum atomic E-state index is -1.20. The van der Waals surface area contributed by atoms with Crippen molar-refractivity contribution in [3.63, 3.8) is 0 Å². The molecule has 3 N–H and O–H groups in total. The van der Waals surface area contributed by atoms with Gasteiger partial charge in [0.15, 0.2) is 0 Å². The third-order valence-corrected chi connectivity index (χ3v) is 1.54. The van der Waals surface area contributed by atoms with Crippen molar-refractivity contribution in [2.75, 3.05) is 6.54 Å². The number of halogens is 1. The fraction of sp³-hybridized carbons (Fsp3) is 0.100. The lowest BCUT2D eigenvalue weighted by Gasteiger charge is -1.98. The number of carboxylic acids is 1. The second-order valence-electron chi connectivity index (χ2n) is 2.50. The topological polar surface area (TPSA) is 63.3 Å². The van der Waals surface area contributed by atoms with Crippen molar-refractivity contribution in [3.8, 4) is 11.8 Å². The molecule has 0 aromatic heterocycles. The Morgan fingerprint density at radius 1 is 1.57 bits per heavy atom. The fourth-order valence-corrected chi connectivity index (χ4v) is 0.949. The van der Waals surface area contributed by atoms with Gasteiger partial charge in [0.1, 0.15) is 5.82 Å². The number of carbonyl (C=O) groups is 1. The molecule has 0 aliphatic carbocycles. The van der Waals surface area contributed by atoms with Crippen molar-refractivity contribution in [3.05, 3.63) is 35.1 Å². The first kappa shape index (κ1) is 10.2. The molecule has 0 fully saturated rings. The molecule has 0 spiro atoms. The first-order chi connectivity index (χ1) is 6.65. The van der Waals surface area contributed by atoms with Gasteiger partial charge in [-0.05, 0) is 18.2 Å². The lowest BCUT2D eigenvalue weighted by atomic mass is 10.1. The highest BCUT2D eigenvalue weighted by Crippen LogP contribution is 2.10. The number of hydrogen-bond donors (Lipinski definition) is 2. The summed E-state index contributed by atoms with van der Waals surface area (Å²) in [5.41, 5.74) is 5.26. The molecule has 14 heavy (non-hydrogen) atoms. The minimum absolute atomic E-state index is 0.135. The molecule has 0 saturated carbocycles. The summed E-state index contributed by atoms with van der Waals surface area (Å²) in [6.45, 7) is 0.135. The number of hydrogen-bond acceptors (Lipinski definition) is 2. The molecule has 0 amide bonds. The van der Waals surface area contributed by atoms with Gasteiger partial charge in [0.05, 0.1) is 12.1 Å². The average molecular weight is 193 g/mol. The second-order valence-corrected chi connectivity index (χ2v) is 2.50. The zero-order valence-corrected chi connectivity index (χ0v) is 7.25. The molecule has 1 aromatic rings. The van der Waals surface area contributed by atoms with Gasteiger partial charge in [-0.1, -0.05) is 11.8 Å². The number of benzene rings is 1. The van der Waals surface area contributed by atoms with Crippen molar-refractivity contribution >= 4 is 5.97 Å². The highest BCUT2D eigenvalue weighted by Gasteiger charge is 2.08. The SMILES string of the molecule is NCC#Cc1ccc(F)cc1C(=O)O. The van der Waals surface area contributed by atoms with E-state index in [2.05, 4.69) is 11.8 Å². The lowest BCUT2D eigenvalue weighted by molar-refractivity contribution is 0.0696. The van der Waals surface area contributed by atoms with E-state index in [0.717, 1.165) is 12.1 Å². The molecule has 1 rings (SSSR count). The van der Waals surface area contributed by atoms with E-state index in [-0.39, 0.29) is 17.7 Å². The van der Waals surface area contributed by atoms with Crippen LogP contribution in [0.15, 0.2) is 18.2 Å². The number of rotatable bonds is 1. The van der Waals surface area contributed by atoms with Crippen LogP contribution in [0.2, 0.25) is 0 Å². The van der Waals surface area contributed by atoms with Crippen molar-refractivity contribution in [2.24, 2.45) is 5.73 Å². The van der Waals surface area contributed by atoms with Gasteiger partial charge in [0, 0.05) is 5.56 Å². The molecular formula is C10H8FNO2. The zero-order chi connectivity index (χ0) is 10.6. The summed E-state index contributed by atoms with van der Waals surface area (Å²) >= 11 is 0. The van der Waals surface area contributed by atoms with Crippen LogP contribution in [0.25, 0.3) is 0 Å². The van der Waals surface area contributed by atoms with E-state index >= 15 is 0 Å². The van der Waals surface area contributed by atoms with Crippen LogP contribution in [0.5, 0.6) is 0 Å². The molecular weight excluding hydrogens is 185 g/mol. The molecule has 0 radical (unpaired) electrons. The largest absolute Gasteiger partial charge is 0.478 e. The Morgan fingerprint density at radius 3 is 2.86 bits per heavy atom.